The molecule has 3 N–H and O–H groups in total. The molecular weight excluding hydrogens is 779 g/mol. The largest absolute Gasteiger partial charge is 0.508 e. The van der Waals surface area contributed by atoms with E-state index in [1.807, 2.05) is 75.7 Å². The second kappa shape index (κ2) is 22.8. The van der Waals surface area contributed by atoms with Crippen LogP contribution >= 0.6 is 11.3 Å². The van der Waals surface area contributed by atoms with E-state index in [1.54, 1.807) is 16.2 Å². The molecule has 2 atom stereocenters. The van der Waals surface area contributed by atoms with Gasteiger partial charge in [0.25, 0.3) is 5.88 Å². The zero-order valence-electron chi connectivity index (χ0n) is 35.6. The van der Waals surface area contributed by atoms with Gasteiger partial charge in [-0.15, -0.1) is 21.5 Å². The van der Waals surface area contributed by atoms with E-state index in [2.05, 4.69) is 68.7 Å². The first-order valence-electron chi connectivity index (χ1n) is 20.9. The molecule has 5 heterocycles. The maximum atomic E-state index is 10.4. The highest BCUT2D eigenvalue weighted by Crippen LogP contribution is 2.31. The van der Waals surface area contributed by atoms with Gasteiger partial charge < -0.3 is 29.7 Å². The van der Waals surface area contributed by atoms with Gasteiger partial charge in [0.15, 0.2) is 0 Å². The Balaban J connectivity index is 0.000000209. The van der Waals surface area contributed by atoms with Gasteiger partial charge >= 0.3 is 0 Å². The summed E-state index contributed by atoms with van der Waals surface area (Å²) in [5.74, 6) is 2.77. The summed E-state index contributed by atoms with van der Waals surface area (Å²) in [6.45, 7) is 17.0. The topological polar surface area (TPSA) is 167 Å². The second-order valence-corrected chi connectivity index (χ2v) is 16.2. The molecule has 2 fully saturated rings. The molecule has 5 aromatic rings. The van der Waals surface area contributed by atoms with Crippen LogP contribution in [0.15, 0.2) is 82.5 Å². The predicted molar refractivity (Wildman–Crippen MR) is 237 cm³/mol. The van der Waals surface area contributed by atoms with Crippen LogP contribution in [0, 0.1) is 12.8 Å². The van der Waals surface area contributed by atoms with Gasteiger partial charge in [-0.1, -0.05) is 64.1 Å². The summed E-state index contributed by atoms with van der Waals surface area (Å²) in [6, 6.07) is 18.6. The normalized spacial score (nSPS) is 16.8. The fraction of sp³-hybridized carbons (Fsp3) is 0.435. The van der Waals surface area contributed by atoms with E-state index >= 15 is 0 Å². The number of aromatic nitrogens is 4. The average Bonchev–Trinajstić information content (AvgIpc) is 4.00. The molecule has 14 heteroatoms. The van der Waals surface area contributed by atoms with Crippen LogP contribution in [-0.2, 0) is 16.0 Å². The molecule has 2 saturated heterocycles. The lowest BCUT2D eigenvalue weighted by Crippen LogP contribution is -2.46. The van der Waals surface area contributed by atoms with Gasteiger partial charge in [-0.2, -0.15) is 0 Å². The monoisotopic (exact) mass is 837 g/mol. The lowest BCUT2D eigenvalue weighted by atomic mass is 9.90. The number of hydrogen-bond donors (Lipinski definition) is 3. The number of aryl methyl sites for hydroxylation is 1. The number of hydrogen-bond acceptors (Lipinski definition) is 12. The molecular formula is C46H59N7O6S. The van der Waals surface area contributed by atoms with Gasteiger partial charge in [0.2, 0.25) is 12.8 Å². The number of rotatable bonds is 13. The molecule has 0 radical (unpaired) electrons. The summed E-state index contributed by atoms with van der Waals surface area (Å²) in [6.07, 6.45) is 8.49. The molecule has 2 aromatic carbocycles. The highest BCUT2D eigenvalue weighted by atomic mass is 32.1. The van der Waals surface area contributed by atoms with Gasteiger partial charge in [0.1, 0.15) is 18.1 Å². The Labute approximate surface area is 357 Å². The maximum absolute atomic E-state index is 10.4. The van der Waals surface area contributed by atoms with Gasteiger partial charge in [0, 0.05) is 62.1 Å². The minimum Gasteiger partial charge on any atom is -0.508 e. The molecule has 0 spiro atoms. The fourth-order valence-electron chi connectivity index (χ4n) is 7.01. The predicted octanol–water partition coefficient (Wildman–Crippen LogP) is 8.07. The molecule has 8 rings (SSSR count). The Hall–Kier alpha value is -5.44. The molecule has 60 heavy (non-hydrogen) atoms. The first kappa shape index (κ1) is 45.6. The van der Waals surface area contributed by atoms with Crippen molar-refractivity contribution in [1.29, 1.82) is 0 Å². The van der Waals surface area contributed by atoms with Crippen molar-refractivity contribution in [3.63, 3.8) is 0 Å². The molecule has 2 aliphatic heterocycles. The number of thiazole rings is 1. The van der Waals surface area contributed by atoms with Gasteiger partial charge in [-0.3, -0.25) is 14.5 Å². The number of nitrogens with zero attached hydrogens (tertiary/aromatic N) is 6. The van der Waals surface area contributed by atoms with E-state index in [9.17, 15) is 14.7 Å². The number of amides is 2. The van der Waals surface area contributed by atoms with Gasteiger partial charge in [0.05, 0.1) is 39.4 Å². The first-order chi connectivity index (χ1) is 29.1. The van der Waals surface area contributed by atoms with Crippen molar-refractivity contribution >= 4 is 40.6 Å². The Kier molecular flexibility index (Phi) is 17.3. The highest BCUT2D eigenvalue weighted by Gasteiger charge is 2.28. The minimum atomic E-state index is -0.278. The number of nitrogens with one attached hydrogen (secondary N) is 1. The van der Waals surface area contributed by atoms with Gasteiger partial charge in [-0.25, -0.2) is 4.98 Å². The van der Waals surface area contributed by atoms with E-state index < -0.39 is 0 Å². The summed E-state index contributed by atoms with van der Waals surface area (Å²) < 4.78 is 11.1. The van der Waals surface area contributed by atoms with E-state index in [0.717, 1.165) is 97.3 Å². The van der Waals surface area contributed by atoms with Crippen molar-refractivity contribution in [1.82, 2.24) is 35.5 Å². The highest BCUT2D eigenvalue weighted by molar-refractivity contribution is 7.13. The number of aliphatic hydroxyl groups is 2. The number of allylic oxidation sites excluding steroid dienone is 3. The Bertz CT molecular complexity index is 2180. The fourth-order valence-corrected chi connectivity index (χ4v) is 7.83. The molecule has 1 aliphatic carbocycles. The maximum Gasteiger partial charge on any atom is 0.254 e. The molecule has 320 valence electrons. The van der Waals surface area contributed by atoms with Crippen LogP contribution in [0.3, 0.4) is 0 Å². The smallest absolute Gasteiger partial charge is 0.254 e. The van der Waals surface area contributed by atoms with Crippen molar-refractivity contribution in [2.24, 2.45) is 5.92 Å². The lowest BCUT2D eigenvalue weighted by molar-refractivity contribution is -0.117. The number of carbonyl (C=O) groups is 2. The van der Waals surface area contributed by atoms with E-state index in [0.29, 0.717) is 43.2 Å². The number of fused-ring (bicyclic) bond motifs is 1. The summed E-state index contributed by atoms with van der Waals surface area (Å²) in [4.78, 5) is 29.7. The van der Waals surface area contributed by atoms with Crippen LogP contribution in [0.25, 0.3) is 26.9 Å². The van der Waals surface area contributed by atoms with Crippen molar-refractivity contribution in [2.45, 2.75) is 85.3 Å². The quantitative estimate of drug-likeness (QED) is 0.0982. The first-order valence-corrected chi connectivity index (χ1v) is 21.7. The number of aliphatic hydroxyl groups excluding tert-OH is 2. The van der Waals surface area contributed by atoms with Crippen LogP contribution in [0.4, 0.5) is 0 Å². The van der Waals surface area contributed by atoms with Crippen LogP contribution in [0.5, 0.6) is 5.88 Å². The van der Waals surface area contributed by atoms with E-state index in [4.69, 9.17) is 14.4 Å². The number of likely N-dealkylation sites (tertiary alicyclic amines) is 2. The summed E-state index contributed by atoms with van der Waals surface area (Å²) >= 11 is 1.64. The third kappa shape index (κ3) is 12.8. The van der Waals surface area contributed by atoms with Crippen molar-refractivity contribution in [3.8, 4) is 16.3 Å². The van der Waals surface area contributed by atoms with Gasteiger partial charge in [-0.05, 0) is 85.1 Å². The third-order valence-corrected chi connectivity index (χ3v) is 11.3. The number of carbonyl (C=O) groups excluding carboxylic acids is 2. The van der Waals surface area contributed by atoms with Crippen LogP contribution in [-0.4, -0.2) is 98.6 Å². The molecule has 13 nitrogen and oxygen atoms in total. The van der Waals surface area contributed by atoms with E-state index in [1.165, 1.54) is 16.0 Å². The van der Waals surface area contributed by atoms with Crippen LogP contribution in [0.2, 0.25) is 0 Å². The van der Waals surface area contributed by atoms with E-state index in [-0.39, 0.29) is 12.1 Å². The Morgan fingerprint density at radius 2 is 1.77 bits per heavy atom. The summed E-state index contributed by atoms with van der Waals surface area (Å²) in [5, 5.41) is 35.5. The van der Waals surface area contributed by atoms with Crippen LogP contribution in [0.1, 0.15) is 94.1 Å². The Morgan fingerprint density at radius 3 is 2.40 bits per heavy atom. The van der Waals surface area contributed by atoms with Crippen molar-refractivity contribution in [2.75, 3.05) is 39.3 Å². The molecule has 1 unspecified atom stereocenters. The molecule has 3 aromatic heterocycles. The van der Waals surface area contributed by atoms with Crippen molar-refractivity contribution < 1.29 is 29.1 Å². The summed E-state index contributed by atoms with van der Waals surface area (Å²) in [5.41, 5.74) is 8.87. The number of benzene rings is 2. The standard InChI is InChI=1S/C26H30N4O3.C13H14N2OS.C5H9NO2.C2H6/c1-17(2)11-21-14-26(29-33-21)32-10-9-30-15-20(16-30)18-7-8-23-19(12-18)13-24(28-27-23)22-5-3-4-6-25(22)31;1-9(14-7-16)11-3-5-12(6-4-11)13-10(2)15-8-17-13;7-4-6-2-1-5(8)3-6;1-2/h5-8,12-14,17,20,31H,3-4,9-11,15-16H2,1-2H3;3-9H,1-2H3,(H,14,16);4-5,8H,1-3H2;1-2H3/t;9-;;/m.0../s1. The average molecular weight is 838 g/mol. The molecule has 3 aliphatic rings. The second-order valence-electron chi connectivity index (χ2n) is 15.3. The minimum absolute atomic E-state index is 0.0455. The zero-order valence-corrected chi connectivity index (χ0v) is 36.4. The lowest BCUT2D eigenvalue weighted by Gasteiger charge is -2.39. The molecule has 0 bridgehead atoms. The Morgan fingerprint density at radius 1 is 1.00 bits per heavy atom. The SMILES string of the molecule is CC.CC(C)Cc1cc(OCCN2CC(c3ccc4nnc(C5=CCCC=C5O)cc4c3)C2)no1.Cc1ncsc1-c1ccc([C@H](C)NC=O)cc1.O=CN1CCC(O)C1. The third-order valence-electron chi connectivity index (χ3n) is 10.3. The zero-order chi connectivity index (χ0) is 43.0. The van der Waals surface area contributed by atoms with Crippen molar-refractivity contribution in [3.05, 3.63) is 106 Å². The molecule has 2 amide bonds. The van der Waals surface area contributed by atoms with Crippen LogP contribution < -0.4 is 10.1 Å². The number of β-amino-alcohol motifs (C(OH)–C–C–N with tert-alkyl or cyclic N) is 1. The summed E-state index contributed by atoms with van der Waals surface area (Å²) in [7, 11) is 0. The molecule has 0 saturated carbocycles. The number of ether oxygens (including phenoxy) is 1.